The van der Waals surface area contributed by atoms with Gasteiger partial charge in [0, 0.05) is 24.8 Å². The predicted octanol–water partition coefficient (Wildman–Crippen LogP) is 0.761. The fourth-order valence-electron chi connectivity index (χ4n) is 2.14. The van der Waals surface area contributed by atoms with Crippen LogP contribution >= 0.6 is 0 Å². The van der Waals surface area contributed by atoms with Gasteiger partial charge in [-0.25, -0.2) is 0 Å². The minimum atomic E-state index is 0.169. The minimum Gasteiger partial charge on any atom is -0.399 e. The van der Waals surface area contributed by atoms with Crippen molar-refractivity contribution in [3.05, 3.63) is 29.8 Å². The zero-order valence-electron chi connectivity index (χ0n) is 9.93. The molecule has 1 aromatic carbocycles. The Morgan fingerprint density at radius 2 is 2.06 bits per heavy atom. The van der Waals surface area contributed by atoms with E-state index in [0.717, 1.165) is 31.5 Å². The Labute approximate surface area is 102 Å². The van der Waals surface area contributed by atoms with Crippen molar-refractivity contribution in [2.75, 3.05) is 18.8 Å². The number of hydrogen-bond acceptors (Lipinski definition) is 3. The van der Waals surface area contributed by atoms with Crippen LogP contribution in [-0.2, 0) is 11.2 Å². The molecule has 1 saturated heterocycles. The van der Waals surface area contributed by atoms with Gasteiger partial charge in [0.25, 0.3) is 0 Å². The molecule has 1 aliphatic rings. The van der Waals surface area contributed by atoms with Crippen molar-refractivity contribution in [1.29, 1.82) is 0 Å². The summed E-state index contributed by atoms with van der Waals surface area (Å²) in [5.74, 6) is 0.169. The number of anilines is 1. The third-order valence-corrected chi connectivity index (χ3v) is 3.20. The van der Waals surface area contributed by atoms with Crippen molar-refractivity contribution in [3.63, 3.8) is 0 Å². The van der Waals surface area contributed by atoms with Gasteiger partial charge in [-0.2, -0.15) is 0 Å². The summed E-state index contributed by atoms with van der Waals surface area (Å²) in [6.45, 7) is 1.56. The topological polar surface area (TPSA) is 72.4 Å². The van der Waals surface area contributed by atoms with Gasteiger partial charge in [0.1, 0.15) is 0 Å². The van der Waals surface area contributed by atoms with E-state index in [4.69, 9.17) is 11.5 Å². The summed E-state index contributed by atoms with van der Waals surface area (Å²) in [7, 11) is 0. The number of benzene rings is 1. The van der Waals surface area contributed by atoms with Crippen molar-refractivity contribution in [2.45, 2.75) is 25.3 Å². The zero-order valence-corrected chi connectivity index (χ0v) is 9.93. The first kappa shape index (κ1) is 11.9. The molecule has 92 valence electrons. The molecular weight excluding hydrogens is 214 g/mol. The molecule has 0 aromatic heterocycles. The summed E-state index contributed by atoms with van der Waals surface area (Å²) in [6.07, 6.45) is 2.24. The number of likely N-dealkylation sites (tertiary alicyclic amines) is 1. The van der Waals surface area contributed by atoms with Crippen molar-refractivity contribution >= 4 is 11.6 Å². The molecule has 0 bridgehead atoms. The van der Waals surface area contributed by atoms with E-state index in [1.807, 2.05) is 29.2 Å². The molecule has 0 radical (unpaired) electrons. The molecule has 1 amide bonds. The highest BCUT2D eigenvalue weighted by Gasteiger charge is 2.20. The number of nitrogens with zero attached hydrogens (tertiary/aromatic N) is 1. The fourth-order valence-corrected chi connectivity index (χ4v) is 2.14. The molecule has 0 unspecified atom stereocenters. The van der Waals surface area contributed by atoms with Gasteiger partial charge in [-0.1, -0.05) is 12.1 Å². The summed E-state index contributed by atoms with van der Waals surface area (Å²) >= 11 is 0. The molecule has 1 fully saturated rings. The van der Waals surface area contributed by atoms with E-state index in [1.165, 1.54) is 0 Å². The molecule has 1 heterocycles. The van der Waals surface area contributed by atoms with Crippen LogP contribution in [-0.4, -0.2) is 29.9 Å². The lowest BCUT2D eigenvalue weighted by atomic mass is 10.0. The molecule has 0 atom stereocenters. The smallest absolute Gasteiger partial charge is 0.226 e. The van der Waals surface area contributed by atoms with Crippen molar-refractivity contribution in [2.24, 2.45) is 5.73 Å². The van der Waals surface area contributed by atoms with Crippen LogP contribution in [0.1, 0.15) is 18.4 Å². The van der Waals surface area contributed by atoms with Gasteiger partial charge in [0.15, 0.2) is 0 Å². The Balaban J connectivity index is 1.93. The lowest BCUT2D eigenvalue weighted by molar-refractivity contribution is -0.131. The van der Waals surface area contributed by atoms with E-state index in [0.29, 0.717) is 12.1 Å². The lowest BCUT2D eigenvalue weighted by Gasteiger charge is -2.30. The molecule has 0 spiro atoms. The average molecular weight is 233 g/mol. The monoisotopic (exact) mass is 233 g/mol. The van der Waals surface area contributed by atoms with Crippen molar-refractivity contribution in [1.82, 2.24) is 4.90 Å². The van der Waals surface area contributed by atoms with Crippen LogP contribution in [0.4, 0.5) is 5.69 Å². The fraction of sp³-hybridized carbons (Fsp3) is 0.462. The second-order valence-electron chi connectivity index (χ2n) is 4.64. The number of carbonyl (C=O) groups is 1. The van der Waals surface area contributed by atoms with Gasteiger partial charge < -0.3 is 16.4 Å². The maximum Gasteiger partial charge on any atom is 0.226 e. The first-order valence-corrected chi connectivity index (χ1v) is 6.03. The normalized spacial score (nSPS) is 17.1. The zero-order chi connectivity index (χ0) is 12.3. The van der Waals surface area contributed by atoms with Gasteiger partial charge in [-0.05, 0) is 30.5 Å². The predicted molar refractivity (Wildman–Crippen MR) is 68.3 cm³/mol. The molecule has 1 aliphatic heterocycles. The molecule has 17 heavy (non-hydrogen) atoms. The molecule has 4 heteroatoms. The second-order valence-corrected chi connectivity index (χ2v) is 4.64. The number of nitrogen functional groups attached to an aromatic ring is 1. The van der Waals surface area contributed by atoms with Crippen LogP contribution in [0, 0.1) is 0 Å². The first-order chi connectivity index (χ1) is 8.15. The second kappa shape index (κ2) is 5.19. The van der Waals surface area contributed by atoms with E-state index >= 15 is 0 Å². The molecule has 0 aliphatic carbocycles. The lowest BCUT2D eigenvalue weighted by Crippen LogP contribution is -2.43. The summed E-state index contributed by atoms with van der Waals surface area (Å²) in [6, 6.07) is 7.75. The van der Waals surface area contributed by atoms with Crippen LogP contribution in [0.25, 0.3) is 0 Å². The Hall–Kier alpha value is -1.55. The first-order valence-electron chi connectivity index (χ1n) is 6.03. The number of amides is 1. The molecular formula is C13H19N3O. The highest BCUT2D eigenvalue weighted by molar-refractivity contribution is 5.79. The van der Waals surface area contributed by atoms with E-state index in [-0.39, 0.29) is 11.9 Å². The third kappa shape index (κ3) is 3.20. The number of carbonyl (C=O) groups excluding carboxylic acids is 1. The number of hydrogen-bond donors (Lipinski definition) is 2. The molecule has 4 nitrogen and oxygen atoms in total. The number of piperidine rings is 1. The highest BCUT2D eigenvalue weighted by atomic mass is 16.2. The van der Waals surface area contributed by atoms with Gasteiger partial charge in [-0.3, -0.25) is 4.79 Å². The van der Waals surface area contributed by atoms with Crippen LogP contribution in [0.5, 0.6) is 0 Å². The van der Waals surface area contributed by atoms with Crippen LogP contribution < -0.4 is 11.5 Å². The van der Waals surface area contributed by atoms with E-state index in [1.54, 1.807) is 0 Å². The summed E-state index contributed by atoms with van der Waals surface area (Å²) < 4.78 is 0. The minimum absolute atomic E-state index is 0.169. The Morgan fingerprint density at radius 1 is 1.35 bits per heavy atom. The van der Waals surface area contributed by atoms with Crippen LogP contribution in [0.2, 0.25) is 0 Å². The average Bonchev–Trinajstić information content (AvgIpc) is 2.29. The van der Waals surface area contributed by atoms with Gasteiger partial charge >= 0.3 is 0 Å². The van der Waals surface area contributed by atoms with Gasteiger partial charge in [0.05, 0.1) is 6.42 Å². The standard InChI is InChI=1S/C13H19N3O/c14-11-4-6-16(7-5-11)13(17)9-10-2-1-3-12(15)8-10/h1-3,8,11H,4-7,9,14-15H2. The van der Waals surface area contributed by atoms with Crippen LogP contribution in [0.15, 0.2) is 24.3 Å². The Kier molecular flexibility index (Phi) is 3.64. The Morgan fingerprint density at radius 3 is 2.71 bits per heavy atom. The number of rotatable bonds is 2. The van der Waals surface area contributed by atoms with E-state index < -0.39 is 0 Å². The molecule has 2 rings (SSSR count). The highest BCUT2D eigenvalue weighted by Crippen LogP contribution is 2.12. The third-order valence-electron chi connectivity index (χ3n) is 3.20. The van der Waals surface area contributed by atoms with E-state index in [9.17, 15) is 4.79 Å². The molecule has 1 aromatic rings. The number of nitrogens with two attached hydrogens (primary N) is 2. The molecule has 0 saturated carbocycles. The largest absolute Gasteiger partial charge is 0.399 e. The van der Waals surface area contributed by atoms with E-state index in [2.05, 4.69) is 0 Å². The van der Waals surface area contributed by atoms with Crippen LogP contribution in [0.3, 0.4) is 0 Å². The maximum absolute atomic E-state index is 12.0. The summed E-state index contributed by atoms with van der Waals surface area (Å²) in [5.41, 5.74) is 13.2. The van der Waals surface area contributed by atoms with Crippen molar-refractivity contribution in [3.8, 4) is 0 Å². The maximum atomic E-state index is 12.0. The van der Waals surface area contributed by atoms with Crippen molar-refractivity contribution < 1.29 is 4.79 Å². The SMILES string of the molecule is Nc1cccc(CC(=O)N2CCC(N)CC2)c1. The molecule has 4 N–H and O–H groups in total. The van der Waals surface area contributed by atoms with Gasteiger partial charge in [0.2, 0.25) is 5.91 Å². The summed E-state index contributed by atoms with van der Waals surface area (Å²) in [5, 5.41) is 0. The summed E-state index contributed by atoms with van der Waals surface area (Å²) in [4.78, 5) is 13.9. The quantitative estimate of drug-likeness (QED) is 0.741. The Bertz CT molecular complexity index is 397. The van der Waals surface area contributed by atoms with Gasteiger partial charge in [-0.15, -0.1) is 0 Å².